The molecule has 0 radical (unpaired) electrons. The zero-order chi connectivity index (χ0) is 21.5. The molecule has 0 spiro atoms. The third kappa shape index (κ3) is 5.67. The van der Waals surface area contributed by atoms with Gasteiger partial charge < -0.3 is 10.6 Å². The van der Waals surface area contributed by atoms with Gasteiger partial charge in [0.15, 0.2) is 0 Å². The van der Waals surface area contributed by atoms with Crippen molar-refractivity contribution in [2.45, 2.75) is 38.1 Å². The number of benzene rings is 2. The first-order chi connectivity index (χ1) is 14.4. The van der Waals surface area contributed by atoms with E-state index in [0.717, 1.165) is 25.7 Å². The summed E-state index contributed by atoms with van der Waals surface area (Å²) in [5, 5.41) is 17.0. The number of nitrogens with one attached hydrogen (secondary N) is 2. The van der Waals surface area contributed by atoms with E-state index < -0.39 is 10.8 Å². The second-order valence-electron chi connectivity index (χ2n) is 7.14. The third-order valence-electron chi connectivity index (χ3n) is 4.97. The molecule has 0 heterocycles. The van der Waals surface area contributed by atoms with Gasteiger partial charge in [0.1, 0.15) is 0 Å². The Hall–Kier alpha value is -3.19. The molecule has 2 aromatic carbocycles. The van der Waals surface area contributed by atoms with Crippen LogP contribution in [0.3, 0.4) is 0 Å². The Balaban J connectivity index is 1.68. The molecule has 156 valence electrons. The topological polar surface area (TPSA) is 101 Å². The number of hydrogen-bond donors (Lipinski definition) is 2. The van der Waals surface area contributed by atoms with Crippen molar-refractivity contribution in [3.63, 3.8) is 0 Å². The molecular weight excluding hydrogens is 406 g/mol. The Morgan fingerprint density at radius 2 is 1.83 bits per heavy atom. The first kappa shape index (κ1) is 21.5. The Morgan fingerprint density at radius 3 is 2.57 bits per heavy atom. The van der Waals surface area contributed by atoms with Gasteiger partial charge in [-0.15, -0.1) is 0 Å². The molecule has 7 nitrogen and oxygen atoms in total. The Labute approximate surface area is 179 Å². The van der Waals surface area contributed by atoms with Crippen LogP contribution in [0.1, 0.15) is 48.0 Å². The van der Waals surface area contributed by atoms with Gasteiger partial charge in [-0.1, -0.05) is 43.0 Å². The van der Waals surface area contributed by atoms with Crippen molar-refractivity contribution >= 4 is 40.9 Å². The largest absolute Gasteiger partial charge is 0.349 e. The van der Waals surface area contributed by atoms with Crippen molar-refractivity contribution in [3.8, 4) is 0 Å². The fraction of sp³-hybridized carbons (Fsp3) is 0.273. The third-order valence-corrected chi connectivity index (χ3v) is 5.30. The summed E-state index contributed by atoms with van der Waals surface area (Å²) < 4.78 is 0. The van der Waals surface area contributed by atoms with E-state index in [-0.39, 0.29) is 17.6 Å². The molecule has 1 aliphatic carbocycles. The average Bonchev–Trinajstić information content (AvgIpc) is 2.74. The van der Waals surface area contributed by atoms with Gasteiger partial charge in [-0.05, 0) is 43.2 Å². The number of amides is 2. The predicted octanol–water partition coefficient (Wildman–Crippen LogP) is 4.96. The number of para-hydroxylation sites is 1. The van der Waals surface area contributed by atoms with Gasteiger partial charge in [-0.3, -0.25) is 19.7 Å². The standard InChI is InChI=1S/C22H22ClN3O4/c23-19-12-11-17(14-18(19)22(28)25-16-7-2-1-3-8-16)24-21(27)13-10-15-6-4-5-9-20(15)26(29)30/h4-6,9-14,16H,1-3,7-8H2,(H,24,27)(H,25,28)/b13-10+. The summed E-state index contributed by atoms with van der Waals surface area (Å²) in [6, 6.07) is 11.0. The zero-order valence-corrected chi connectivity index (χ0v) is 17.0. The van der Waals surface area contributed by atoms with Crippen LogP contribution in [0.25, 0.3) is 6.08 Å². The number of anilines is 1. The maximum atomic E-state index is 12.6. The predicted molar refractivity (Wildman–Crippen MR) is 117 cm³/mol. The van der Waals surface area contributed by atoms with Crippen molar-refractivity contribution < 1.29 is 14.5 Å². The van der Waals surface area contributed by atoms with E-state index in [9.17, 15) is 19.7 Å². The molecule has 2 amide bonds. The Kier molecular flexibility index (Phi) is 7.19. The maximum absolute atomic E-state index is 12.6. The van der Waals surface area contributed by atoms with Gasteiger partial charge in [0.05, 0.1) is 21.1 Å². The molecule has 3 rings (SSSR count). The van der Waals surface area contributed by atoms with Crippen molar-refractivity contribution in [2.75, 3.05) is 5.32 Å². The SMILES string of the molecule is O=C(/C=C/c1ccccc1[N+](=O)[O-])Nc1ccc(Cl)c(C(=O)NC2CCCCC2)c1. The molecule has 0 aromatic heterocycles. The molecule has 2 aromatic rings. The van der Waals surface area contributed by atoms with Crippen molar-refractivity contribution in [1.82, 2.24) is 5.32 Å². The van der Waals surface area contributed by atoms with E-state index >= 15 is 0 Å². The number of nitrogens with zero attached hydrogens (tertiary/aromatic N) is 1. The molecule has 0 unspecified atom stereocenters. The molecule has 1 fully saturated rings. The van der Waals surface area contributed by atoms with Crippen molar-refractivity contribution in [2.24, 2.45) is 0 Å². The van der Waals surface area contributed by atoms with Crippen LogP contribution in [-0.2, 0) is 4.79 Å². The molecule has 30 heavy (non-hydrogen) atoms. The average molecular weight is 428 g/mol. The van der Waals surface area contributed by atoms with Crippen LogP contribution in [0, 0.1) is 10.1 Å². The lowest BCUT2D eigenvalue weighted by molar-refractivity contribution is -0.385. The van der Waals surface area contributed by atoms with Gasteiger partial charge in [0.2, 0.25) is 5.91 Å². The van der Waals surface area contributed by atoms with Crippen LogP contribution in [0.5, 0.6) is 0 Å². The minimum Gasteiger partial charge on any atom is -0.349 e. The van der Waals surface area contributed by atoms with Crippen LogP contribution < -0.4 is 10.6 Å². The normalized spacial score (nSPS) is 14.4. The van der Waals surface area contributed by atoms with Crippen LogP contribution in [-0.4, -0.2) is 22.8 Å². The quantitative estimate of drug-likeness (QED) is 0.386. The number of hydrogen-bond acceptors (Lipinski definition) is 4. The van der Waals surface area contributed by atoms with Crippen molar-refractivity contribution in [1.29, 1.82) is 0 Å². The molecule has 0 aliphatic heterocycles. The van der Waals surface area contributed by atoms with Gasteiger partial charge in [-0.2, -0.15) is 0 Å². The number of rotatable bonds is 6. The summed E-state index contributed by atoms with van der Waals surface area (Å²) in [7, 11) is 0. The van der Waals surface area contributed by atoms with E-state index in [1.54, 1.807) is 30.3 Å². The van der Waals surface area contributed by atoms with Gasteiger partial charge in [-0.25, -0.2) is 0 Å². The number of carbonyl (C=O) groups is 2. The number of nitro benzene ring substituents is 1. The highest BCUT2D eigenvalue weighted by Gasteiger charge is 2.19. The number of nitro groups is 1. The van der Waals surface area contributed by atoms with Gasteiger partial charge in [0.25, 0.3) is 11.6 Å². The summed E-state index contributed by atoms with van der Waals surface area (Å²) in [4.78, 5) is 35.4. The smallest absolute Gasteiger partial charge is 0.276 e. The number of carbonyl (C=O) groups excluding carboxylic acids is 2. The molecule has 0 bridgehead atoms. The van der Waals surface area contributed by atoms with E-state index in [0.29, 0.717) is 21.8 Å². The maximum Gasteiger partial charge on any atom is 0.276 e. The highest BCUT2D eigenvalue weighted by molar-refractivity contribution is 6.34. The fourth-order valence-corrected chi connectivity index (χ4v) is 3.63. The molecule has 0 atom stereocenters. The summed E-state index contributed by atoms with van der Waals surface area (Å²) in [6.45, 7) is 0. The van der Waals surface area contributed by atoms with E-state index in [1.165, 1.54) is 30.7 Å². The molecule has 2 N–H and O–H groups in total. The lowest BCUT2D eigenvalue weighted by Crippen LogP contribution is -2.36. The minimum absolute atomic E-state index is 0.0882. The van der Waals surface area contributed by atoms with Gasteiger partial charge >= 0.3 is 0 Å². The van der Waals surface area contributed by atoms with Gasteiger partial charge in [0, 0.05) is 23.9 Å². The Bertz CT molecular complexity index is 984. The van der Waals surface area contributed by atoms with Crippen LogP contribution in [0.4, 0.5) is 11.4 Å². The summed E-state index contributed by atoms with van der Waals surface area (Å²) >= 11 is 6.18. The number of halogens is 1. The van der Waals surface area contributed by atoms with E-state index in [1.807, 2.05) is 0 Å². The van der Waals surface area contributed by atoms with E-state index in [4.69, 9.17) is 11.6 Å². The molecule has 1 aliphatic rings. The molecule has 1 saturated carbocycles. The second-order valence-corrected chi connectivity index (χ2v) is 7.55. The molecule has 0 saturated heterocycles. The fourth-order valence-electron chi connectivity index (χ4n) is 3.43. The highest BCUT2D eigenvalue weighted by Crippen LogP contribution is 2.23. The zero-order valence-electron chi connectivity index (χ0n) is 16.3. The lowest BCUT2D eigenvalue weighted by Gasteiger charge is -2.23. The van der Waals surface area contributed by atoms with Crippen LogP contribution in [0.15, 0.2) is 48.5 Å². The summed E-state index contributed by atoms with van der Waals surface area (Å²) in [5.74, 6) is -0.743. The first-order valence-corrected chi connectivity index (χ1v) is 10.1. The monoisotopic (exact) mass is 427 g/mol. The molecule has 8 heteroatoms. The Morgan fingerprint density at radius 1 is 1.10 bits per heavy atom. The minimum atomic E-state index is -0.506. The summed E-state index contributed by atoms with van der Waals surface area (Å²) in [5.41, 5.74) is 0.934. The second kappa shape index (κ2) is 10.0. The van der Waals surface area contributed by atoms with E-state index in [2.05, 4.69) is 10.6 Å². The highest BCUT2D eigenvalue weighted by atomic mass is 35.5. The van der Waals surface area contributed by atoms with Crippen LogP contribution in [0.2, 0.25) is 5.02 Å². The van der Waals surface area contributed by atoms with Crippen molar-refractivity contribution in [3.05, 3.63) is 74.8 Å². The summed E-state index contributed by atoms with van der Waals surface area (Å²) in [6.07, 6.45) is 7.88. The van der Waals surface area contributed by atoms with Crippen LogP contribution >= 0.6 is 11.6 Å². The molecular formula is C22H22ClN3O4. The first-order valence-electron chi connectivity index (χ1n) is 9.77. The lowest BCUT2D eigenvalue weighted by atomic mass is 9.95.